The second kappa shape index (κ2) is 8.08. The average molecular weight is 270 g/mol. The average Bonchev–Trinajstić information content (AvgIpc) is 2.91. The molecule has 1 saturated heterocycles. The Labute approximate surface area is 113 Å². The second-order valence-electron chi connectivity index (χ2n) is 4.61. The summed E-state index contributed by atoms with van der Waals surface area (Å²) in [4.78, 5) is 0. The van der Waals surface area contributed by atoms with Gasteiger partial charge in [-0.15, -0.1) is 5.10 Å². The molecule has 0 amide bonds. The molecule has 7 heteroatoms. The fourth-order valence-electron chi connectivity index (χ4n) is 1.95. The zero-order chi connectivity index (χ0) is 13.3. The fourth-order valence-corrected chi connectivity index (χ4v) is 1.95. The topological polar surface area (TPSA) is 81.4 Å². The summed E-state index contributed by atoms with van der Waals surface area (Å²) < 4.78 is 15.7. The maximum Gasteiger partial charge on any atom is 0.315 e. The molecule has 0 atom stereocenters. The number of methoxy groups -OCH3 is 1. The van der Waals surface area contributed by atoms with Gasteiger partial charge in [-0.05, 0) is 18.8 Å². The van der Waals surface area contributed by atoms with Gasteiger partial charge in [-0.1, -0.05) is 5.10 Å². The van der Waals surface area contributed by atoms with Crippen LogP contribution in [-0.2, 0) is 16.0 Å². The van der Waals surface area contributed by atoms with Crippen molar-refractivity contribution in [1.82, 2.24) is 15.5 Å². The van der Waals surface area contributed by atoms with E-state index in [1.54, 1.807) is 7.11 Å². The third-order valence-electron chi connectivity index (χ3n) is 3.11. The molecule has 1 aliphatic rings. The first-order chi connectivity index (χ1) is 9.38. The van der Waals surface area contributed by atoms with Crippen molar-refractivity contribution in [3.63, 3.8) is 0 Å². The van der Waals surface area contributed by atoms with Gasteiger partial charge >= 0.3 is 6.01 Å². The molecular formula is C12H22N4O3. The van der Waals surface area contributed by atoms with Crippen molar-refractivity contribution in [2.24, 2.45) is 5.92 Å². The van der Waals surface area contributed by atoms with Crippen LogP contribution in [0.4, 0.5) is 6.01 Å². The van der Waals surface area contributed by atoms with Gasteiger partial charge in [0.05, 0.1) is 13.2 Å². The molecule has 7 nitrogen and oxygen atoms in total. The van der Waals surface area contributed by atoms with Gasteiger partial charge in [0.2, 0.25) is 5.89 Å². The first-order valence-corrected chi connectivity index (χ1v) is 6.72. The van der Waals surface area contributed by atoms with Crippen molar-refractivity contribution >= 4 is 6.01 Å². The van der Waals surface area contributed by atoms with E-state index in [2.05, 4.69) is 20.8 Å². The Hall–Kier alpha value is -1.18. The van der Waals surface area contributed by atoms with Crippen LogP contribution in [0.15, 0.2) is 4.42 Å². The Bertz CT molecular complexity index is 352. The summed E-state index contributed by atoms with van der Waals surface area (Å²) in [6.07, 6.45) is 2.18. The van der Waals surface area contributed by atoms with Crippen LogP contribution in [0.25, 0.3) is 0 Å². The molecule has 2 rings (SSSR count). The molecule has 108 valence electrons. The third kappa shape index (κ3) is 5.14. The number of hydrogen-bond acceptors (Lipinski definition) is 7. The van der Waals surface area contributed by atoms with Crippen LogP contribution in [0.3, 0.4) is 0 Å². The lowest BCUT2D eigenvalue weighted by molar-refractivity contribution is 0.0698. The molecular weight excluding hydrogens is 248 g/mol. The Morgan fingerprint density at radius 2 is 2.16 bits per heavy atom. The van der Waals surface area contributed by atoms with Crippen LogP contribution in [0, 0.1) is 5.92 Å². The van der Waals surface area contributed by atoms with E-state index in [9.17, 15) is 0 Å². The SMILES string of the molecule is COCCNCc1nnc(NCC2CCOCC2)o1. The van der Waals surface area contributed by atoms with E-state index >= 15 is 0 Å². The Balaban J connectivity index is 1.65. The standard InChI is InChI=1S/C12H22N4O3/c1-17-7-4-13-9-11-15-16-12(19-11)14-8-10-2-5-18-6-3-10/h10,13H,2-9H2,1H3,(H,14,16). The van der Waals surface area contributed by atoms with Gasteiger partial charge in [0.15, 0.2) is 0 Å². The number of aromatic nitrogens is 2. The lowest BCUT2D eigenvalue weighted by Crippen LogP contribution is -2.22. The van der Waals surface area contributed by atoms with Crippen LogP contribution < -0.4 is 10.6 Å². The highest BCUT2D eigenvalue weighted by atomic mass is 16.5. The largest absolute Gasteiger partial charge is 0.407 e. The quantitative estimate of drug-likeness (QED) is 0.671. The minimum absolute atomic E-state index is 0.495. The van der Waals surface area contributed by atoms with Gasteiger partial charge in [-0.3, -0.25) is 0 Å². The molecule has 2 N–H and O–H groups in total. The van der Waals surface area contributed by atoms with Crippen LogP contribution in [0.5, 0.6) is 0 Å². The van der Waals surface area contributed by atoms with E-state index in [0.717, 1.165) is 39.1 Å². The molecule has 2 heterocycles. The lowest BCUT2D eigenvalue weighted by Gasteiger charge is -2.21. The third-order valence-corrected chi connectivity index (χ3v) is 3.11. The van der Waals surface area contributed by atoms with Crippen LogP contribution in [-0.4, -0.2) is 50.2 Å². The minimum atomic E-state index is 0.495. The fraction of sp³-hybridized carbons (Fsp3) is 0.833. The molecule has 1 aromatic rings. The highest BCUT2D eigenvalue weighted by molar-refractivity contribution is 5.16. The van der Waals surface area contributed by atoms with E-state index < -0.39 is 0 Å². The van der Waals surface area contributed by atoms with Gasteiger partial charge in [0, 0.05) is 33.4 Å². The normalized spacial score (nSPS) is 16.7. The number of nitrogens with one attached hydrogen (secondary N) is 2. The summed E-state index contributed by atoms with van der Waals surface area (Å²) in [7, 11) is 1.67. The molecule has 0 aliphatic carbocycles. The number of anilines is 1. The Morgan fingerprint density at radius 3 is 2.95 bits per heavy atom. The van der Waals surface area contributed by atoms with Gasteiger partial charge < -0.3 is 24.5 Å². The van der Waals surface area contributed by atoms with Crippen LogP contribution in [0.2, 0.25) is 0 Å². The van der Waals surface area contributed by atoms with Crippen molar-refractivity contribution < 1.29 is 13.9 Å². The monoisotopic (exact) mass is 270 g/mol. The maximum atomic E-state index is 5.49. The highest BCUT2D eigenvalue weighted by Gasteiger charge is 2.14. The van der Waals surface area contributed by atoms with Crippen LogP contribution in [0.1, 0.15) is 18.7 Å². The van der Waals surface area contributed by atoms with E-state index in [4.69, 9.17) is 13.9 Å². The smallest absolute Gasteiger partial charge is 0.315 e. The van der Waals surface area contributed by atoms with Crippen molar-refractivity contribution in [2.75, 3.05) is 45.3 Å². The van der Waals surface area contributed by atoms with E-state index in [0.29, 0.717) is 31.0 Å². The van der Waals surface area contributed by atoms with E-state index in [-0.39, 0.29) is 0 Å². The van der Waals surface area contributed by atoms with Crippen molar-refractivity contribution in [3.05, 3.63) is 5.89 Å². The van der Waals surface area contributed by atoms with Gasteiger partial charge in [-0.2, -0.15) is 0 Å². The number of ether oxygens (including phenoxy) is 2. The summed E-state index contributed by atoms with van der Waals surface area (Å²) >= 11 is 0. The predicted molar refractivity (Wildman–Crippen MR) is 69.9 cm³/mol. The zero-order valence-electron chi connectivity index (χ0n) is 11.4. The molecule has 0 bridgehead atoms. The van der Waals surface area contributed by atoms with Gasteiger partial charge in [-0.25, -0.2) is 0 Å². The first-order valence-electron chi connectivity index (χ1n) is 6.72. The summed E-state index contributed by atoms with van der Waals surface area (Å²) in [5.74, 6) is 1.22. The second-order valence-corrected chi connectivity index (χ2v) is 4.61. The minimum Gasteiger partial charge on any atom is -0.407 e. The van der Waals surface area contributed by atoms with Gasteiger partial charge in [0.1, 0.15) is 0 Å². The Kier molecular flexibility index (Phi) is 6.06. The lowest BCUT2D eigenvalue weighted by atomic mass is 10.0. The maximum absolute atomic E-state index is 5.49. The number of hydrogen-bond donors (Lipinski definition) is 2. The Morgan fingerprint density at radius 1 is 1.32 bits per heavy atom. The first kappa shape index (κ1) is 14.2. The summed E-state index contributed by atoms with van der Waals surface area (Å²) in [6.45, 7) is 4.57. The van der Waals surface area contributed by atoms with Crippen molar-refractivity contribution in [2.45, 2.75) is 19.4 Å². The van der Waals surface area contributed by atoms with Crippen molar-refractivity contribution in [1.29, 1.82) is 0 Å². The molecule has 0 aromatic carbocycles. The molecule has 0 radical (unpaired) electrons. The molecule has 0 unspecified atom stereocenters. The molecule has 0 saturated carbocycles. The molecule has 0 spiro atoms. The van der Waals surface area contributed by atoms with E-state index in [1.165, 1.54) is 0 Å². The molecule has 1 aliphatic heterocycles. The summed E-state index contributed by atoms with van der Waals surface area (Å²) in [5.41, 5.74) is 0. The number of rotatable bonds is 8. The van der Waals surface area contributed by atoms with E-state index in [1.807, 2.05) is 0 Å². The summed E-state index contributed by atoms with van der Waals surface area (Å²) in [6, 6.07) is 0.495. The predicted octanol–water partition coefficient (Wildman–Crippen LogP) is 0.644. The number of nitrogens with zero attached hydrogens (tertiary/aromatic N) is 2. The zero-order valence-corrected chi connectivity index (χ0v) is 11.4. The molecule has 19 heavy (non-hydrogen) atoms. The van der Waals surface area contributed by atoms with Gasteiger partial charge in [0.25, 0.3) is 0 Å². The molecule has 1 aromatic heterocycles. The summed E-state index contributed by atoms with van der Waals surface area (Å²) in [5, 5.41) is 14.3. The van der Waals surface area contributed by atoms with Crippen molar-refractivity contribution in [3.8, 4) is 0 Å². The molecule has 1 fully saturated rings. The highest BCUT2D eigenvalue weighted by Crippen LogP contribution is 2.15. The van der Waals surface area contributed by atoms with Crippen LogP contribution >= 0.6 is 0 Å².